The monoisotopic (exact) mass is 734 g/mol. The Labute approximate surface area is 316 Å². The third-order valence-electron chi connectivity index (χ3n) is 17.1. The number of thiophene rings is 1. The predicted molar refractivity (Wildman–Crippen MR) is 208 cm³/mol. The number of carbonyl (C=O) groups is 1. The highest BCUT2D eigenvalue weighted by atomic mass is 32.1. The number of hydrogen-bond acceptors (Lipinski definition) is 7. The first-order valence-corrected chi connectivity index (χ1v) is 21.1. The standard InChI is InChI=1S/C43H66N4O4S/c1-26(2)28(5)38(6)18-19-40(8)29-14-15-33-39(7)22-50-24-43(33,30(29)16-17-41(40,9)34(38)37(48)49)21-31(35(39)51-23-42(10,44-11)27(3)4)47-36(45-25-46-47)32-13-12-20-52-32/h12-13,16,20,25-29,31,33-35,44H,14-15,17-19,21-24H2,1-11H3,(H,48,49)/t28-,29+,31-,33+,34-,35+,38-,39-,40-,41+,42+,43+/m1/s1. The zero-order valence-corrected chi connectivity index (χ0v) is 34.6. The Morgan fingerprint density at radius 1 is 1.13 bits per heavy atom. The number of fused-ring (bicyclic) bond motifs is 3. The van der Waals surface area contributed by atoms with Gasteiger partial charge in [0.15, 0.2) is 5.82 Å². The van der Waals surface area contributed by atoms with E-state index in [0.717, 1.165) is 49.2 Å². The van der Waals surface area contributed by atoms with Crippen LogP contribution in [-0.4, -0.2) is 64.4 Å². The van der Waals surface area contributed by atoms with Crippen molar-refractivity contribution in [3.8, 4) is 10.7 Å². The molecule has 7 rings (SSSR count). The lowest BCUT2D eigenvalue weighted by Crippen LogP contribution is -2.69. The molecule has 8 nitrogen and oxygen atoms in total. The van der Waals surface area contributed by atoms with Crippen molar-refractivity contribution < 1.29 is 19.4 Å². The Morgan fingerprint density at radius 2 is 1.88 bits per heavy atom. The van der Waals surface area contributed by atoms with Crippen LogP contribution < -0.4 is 5.32 Å². The van der Waals surface area contributed by atoms with Crippen LogP contribution in [0, 0.1) is 62.6 Å². The van der Waals surface area contributed by atoms with Crippen molar-refractivity contribution in [1.29, 1.82) is 0 Å². The molecule has 0 aromatic carbocycles. The van der Waals surface area contributed by atoms with Gasteiger partial charge >= 0.3 is 5.97 Å². The van der Waals surface area contributed by atoms with Crippen molar-refractivity contribution in [3.63, 3.8) is 0 Å². The normalized spacial score (nSPS) is 41.8. The molecule has 3 heterocycles. The first-order valence-electron chi connectivity index (χ1n) is 20.2. The molecular weight excluding hydrogens is 669 g/mol. The minimum atomic E-state index is -0.610. The summed E-state index contributed by atoms with van der Waals surface area (Å²) in [5, 5.41) is 21.8. The van der Waals surface area contributed by atoms with Crippen LogP contribution >= 0.6 is 11.3 Å². The fraction of sp³-hybridized carbons (Fsp3) is 0.791. The number of nitrogens with one attached hydrogen (secondary N) is 1. The molecule has 9 heteroatoms. The maximum Gasteiger partial charge on any atom is 0.307 e. The van der Waals surface area contributed by atoms with Crippen LogP contribution in [0.5, 0.6) is 0 Å². The quantitative estimate of drug-likeness (QED) is 0.235. The molecule has 3 saturated carbocycles. The molecule has 0 unspecified atom stereocenters. The van der Waals surface area contributed by atoms with E-state index in [1.165, 1.54) is 0 Å². The second-order valence-electron chi connectivity index (χ2n) is 19.7. The topological polar surface area (TPSA) is 98.5 Å². The molecule has 5 aliphatic rings. The van der Waals surface area contributed by atoms with Crippen molar-refractivity contribution in [3.05, 3.63) is 35.5 Å². The van der Waals surface area contributed by atoms with Crippen LogP contribution in [0.4, 0.5) is 0 Å². The van der Waals surface area contributed by atoms with Gasteiger partial charge in [-0.3, -0.25) is 4.79 Å². The fourth-order valence-corrected chi connectivity index (χ4v) is 13.7. The summed E-state index contributed by atoms with van der Waals surface area (Å²) in [6.45, 7) is 25.1. The number of nitrogens with zero attached hydrogens (tertiary/aromatic N) is 3. The maximum atomic E-state index is 13.6. The summed E-state index contributed by atoms with van der Waals surface area (Å²) in [7, 11) is 2.04. The first-order chi connectivity index (χ1) is 24.4. The molecule has 2 bridgehead atoms. The minimum Gasteiger partial charge on any atom is -0.481 e. The summed E-state index contributed by atoms with van der Waals surface area (Å²) in [5.41, 5.74) is 0.189. The SMILES string of the molecule is CN[C@@](C)(CO[C@H]1[C@H](n2ncnc2-c2cccs2)C[C@@]23COC[C@]1(C)[C@@H]2CC[C@H]1C3=CC[C@@]2(C)[C@H](C(=O)O)[C@@](C)([C@H](C)C(C)C)CC[C@]12C)C(C)C. The molecule has 1 saturated heterocycles. The highest BCUT2D eigenvalue weighted by Crippen LogP contribution is 2.75. The van der Waals surface area contributed by atoms with E-state index in [-0.39, 0.29) is 44.8 Å². The number of allylic oxidation sites excluding steroid dienone is 1. The molecule has 4 fully saturated rings. The third-order valence-corrected chi connectivity index (χ3v) is 18.0. The van der Waals surface area contributed by atoms with Gasteiger partial charge in [0.25, 0.3) is 0 Å². The van der Waals surface area contributed by atoms with Gasteiger partial charge in [-0.2, -0.15) is 5.10 Å². The zero-order chi connectivity index (χ0) is 37.6. The predicted octanol–water partition coefficient (Wildman–Crippen LogP) is 9.16. The lowest BCUT2D eigenvalue weighted by Gasteiger charge is -2.71. The maximum absolute atomic E-state index is 13.6. The van der Waals surface area contributed by atoms with Crippen molar-refractivity contribution in [1.82, 2.24) is 20.1 Å². The molecule has 0 radical (unpaired) electrons. The molecule has 288 valence electrons. The molecule has 12 atom stereocenters. The van der Waals surface area contributed by atoms with Crippen LogP contribution in [0.3, 0.4) is 0 Å². The lowest BCUT2D eigenvalue weighted by atomic mass is 9.34. The van der Waals surface area contributed by atoms with Crippen molar-refractivity contribution in [2.24, 2.45) is 62.6 Å². The molecule has 2 aromatic heterocycles. The molecule has 1 aliphatic heterocycles. The van der Waals surface area contributed by atoms with E-state index in [1.807, 2.05) is 7.05 Å². The summed E-state index contributed by atoms with van der Waals surface area (Å²) in [6, 6.07) is 4.20. The van der Waals surface area contributed by atoms with Gasteiger partial charge in [-0.25, -0.2) is 9.67 Å². The van der Waals surface area contributed by atoms with Gasteiger partial charge in [-0.05, 0) is 110 Å². The summed E-state index contributed by atoms with van der Waals surface area (Å²) in [5.74, 6) is 1.73. The van der Waals surface area contributed by atoms with E-state index in [0.29, 0.717) is 49.4 Å². The number of carboxylic acid groups (broad SMARTS) is 1. The van der Waals surface area contributed by atoms with Crippen LogP contribution in [-0.2, 0) is 14.3 Å². The number of ether oxygens (including phenoxy) is 2. The van der Waals surface area contributed by atoms with Crippen LogP contribution in [0.15, 0.2) is 35.5 Å². The number of aliphatic carboxylic acids is 1. The van der Waals surface area contributed by atoms with E-state index >= 15 is 0 Å². The van der Waals surface area contributed by atoms with Crippen molar-refractivity contribution >= 4 is 17.3 Å². The molecule has 52 heavy (non-hydrogen) atoms. The van der Waals surface area contributed by atoms with E-state index in [2.05, 4.69) is 103 Å². The number of rotatable bonds is 10. The number of aromatic nitrogens is 3. The highest BCUT2D eigenvalue weighted by Gasteiger charge is 2.72. The summed E-state index contributed by atoms with van der Waals surface area (Å²) < 4.78 is 16.3. The van der Waals surface area contributed by atoms with Crippen LogP contribution in [0.1, 0.15) is 114 Å². The number of hydrogen-bond donors (Lipinski definition) is 2. The summed E-state index contributed by atoms with van der Waals surface area (Å²) in [6.07, 6.45) is 10.00. The van der Waals surface area contributed by atoms with E-state index in [9.17, 15) is 9.90 Å². The summed E-state index contributed by atoms with van der Waals surface area (Å²) >= 11 is 1.70. The Balaban J connectivity index is 1.35. The molecule has 4 aliphatic carbocycles. The highest BCUT2D eigenvalue weighted by molar-refractivity contribution is 7.13. The Bertz CT molecular complexity index is 1670. The summed E-state index contributed by atoms with van der Waals surface area (Å²) in [4.78, 5) is 19.5. The van der Waals surface area contributed by atoms with E-state index < -0.39 is 11.9 Å². The number of likely N-dealkylation sites (N-methyl/N-ethyl adjacent to an activating group) is 1. The number of carboxylic acids is 1. The van der Waals surface area contributed by atoms with Gasteiger partial charge < -0.3 is 19.9 Å². The van der Waals surface area contributed by atoms with Gasteiger partial charge in [-0.15, -0.1) is 11.3 Å². The van der Waals surface area contributed by atoms with Gasteiger partial charge in [0, 0.05) is 16.4 Å². The second-order valence-corrected chi connectivity index (χ2v) is 20.6. The Morgan fingerprint density at radius 3 is 2.52 bits per heavy atom. The Hall–Kier alpha value is -2.07. The van der Waals surface area contributed by atoms with E-state index in [1.54, 1.807) is 23.2 Å². The van der Waals surface area contributed by atoms with Crippen molar-refractivity contribution in [2.75, 3.05) is 26.9 Å². The largest absolute Gasteiger partial charge is 0.481 e. The van der Waals surface area contributed by atoms with Gasteiger partial charge in [-0.1, -0.05) is 80.0 Å². The van der Waals surface area contributed by atoms with Crippen LogP contribution in [0.2, 0.25) is 0 Å². The second kappa shape index (κ2) is 13.0. The minimum absolute atomic E-state index is 0.0351. The van der Waals surface area contributed by atoms with Crippen molar-refractivity contribution in [2.45, 2.75) is 125 Å². The van der Waals surface area contributed by atoms with Crippen LogP contribution in [0.25, 0.3) is 10.7 Å². The Kier molecular flexibility index (Phi) is 9.57. The lowest BCUT2D eigenvalue weighted by molar-refractivity contribution is -0.253. The first kappa shape index (κ1) is 38.2. The molecule has 2 N–H and O–H groups in total. The average molecular weight is 735 g/mol. The zero-order valence-electron chi connectivity index (χ0n) is 33.8. The average Bonchev–Trinajstić information content (AvgIpc) is 3.80. The van der Waals surface area contributed by atoms with E-state index in [4.69, 9.17) is 19.6 Å². The molecular formula is C43H66N4O4S. The molecule has 0 spiro atoms. The van der Waals surface area contributed by atoms with Gasteiger partial charge in [0.2, 0.25) is 0 Å². The third kappa shape index (κ3) is 5.24. The van der Waals surface area contributed by atoms with Gasteiger partial charge in [0.05, 0.1) is 42.8 Å². The van der Waals surface area contributed by atoms with Gasteiger partial charge in [0.1, 0.15) is 6.33 Å². The molecule has 0 amide bonds. The fourth-order valence-electron chi connectivity index (χ4n) is 13.0. The smallest absolute Gasteiger partial charge is 0.307 e. The molecule has 2 aromatic rings.